The summed E-state index contributed by atoms with van der Waals surface area (Å²) in [6.45, 7) is 1.35. The number of halogens is 2. The van der Waals surface area contributed by atoms with E-state index in [0.717, 1.165) is 12.2 Å². The largest absolute Gasteiger partial charge is 0.400 e. The molecule has 0 radical (unpaired) electrons. The average Bonchev–Trinajstić information content (AvgIpc) is 1.95. The van der Waals surface area contributed by atoms with Crippen molar-refractivity contribution >= 4 is 0 Å². The molecule has 0 aromatic heterocycles. The molecule has 4 heteroatoms. The van der Waals surface area contributed by atoms with Crippen molar-refractivity contribution in [2.24, 2.45) is 17.4 Å². The minimum absolute atomic E-state index is 0.0671. The SMILES string of the molecule is CC1C(N)=C(N)C=CC1(F)F. The van der Waals surface area contributed by atoms with E-state index in [-0.39, 0.29) is 11.4 Å². The molecular formula is C7H10F2N2. The van der Waals surface area contributed by atoms with Gasteiger partial charge in [0.15, 0.2) is 0 Å². The third kappa shape index (κ3) is 1.20. The van der Waals surface area contributed by atoms with Crippen LogP contribution in [0.15, 0.2) is 23.5 Å². The van der Waals surface area contributed by atoms with Crippen LogP contribution in [0.5, 0.6) is 0 Å². The zero-order valence-corrected chi connectivity index (χ0v) is 6.14. The molecule has 1 rings (SSSR count). The Labute approximate surface area is 63.6 Å². The van der Waals surface area contributed by atoms with Crippen molar-refractivity contribution in [2.75, 3.05) is 0 Å². The van der Waals surface area contributed by atoms with Crippen LogP contribution in [0.1, 0.15) is 6.92 Å². The van der Waals surface area contributed by atoms with E-state index >= 15 is 0 Å². The second-order valence-electron chi connectivity index (χ2n) is 2.64. The highest BCUT2D eigenvalue weighted by Crippen LogP contribution is 2.33. The summed E-state index contributed by atoms with van der Waals surface area (Å²) in [7, 11) is 0. The maximum atomic E-state index is 12.8. The molecule has 1 atom stereocenters. The van der Waals surface area contributed by atoms with Crippen LogP contribution in [-0.4, -0.2) is 5.92 Å². The van der Waals surface area contributed by atoms with Crippen LogP contribution in [0.2, 0.25) is 0 Å². The highest BCUT2D eigenvalue weighted by molar-refractivity contribution is 5.30. The fraction of sp³-hybridized carbons (Fsp3) is 0.429. The first-order valence-electron chi connectivity index (χ1n) is 3.27. The summed E-state index contributed by atoms with van der Waals surface area (Å²) in [4.78, 5) is 0. The lowest BCUT2D eigenvalue weighted by molar-refractivity contribution is 0.0105. The second kappa shape index (κ2) is 2.22. The summed E-state index contributed by atoms with van der Waals surface area (Å²) in [6.07, 6.45) is 1.93. The number of nitrogens with two attached hydrogens (primary N) is 2. The zero-order valence-electron chi connectivity index (χ0n) is 6.14. The molecule has 1 aliphatic rings. The van der Waals surface area contributed by atoms with Gasteiger partial charge in [0.1, 0.15) is 0 Å². The molecular weight excluding hydrogens is 150 g/mol. The van der Waals surface area contributed by atoms with Gasteiger partial charge in [-0.05, 0) is 12.2 Å². The first-order valence-corrected chi connectivity index (χ1v) is 3.27. The number of hydrogen-bond donors (Lipinski definition) is 2. The number of rotatable bonds is 0. The Morgan fingerprint density at radius 2 is 2.00 bits per heavy atom. The molecule has 0 bridgehead atoms. The molecule has 2 nitrogen and oxygen atoms in total. The van der Waals surface area contributed by atoms with E-state index in [0.29, 0.717) is 0 Å². The predicted octanol–water partition coefficient (Wildman–Crippen LogP) is 0.957. The van der Waals surface area contributed by atoms with Crippen molar-refractivity contribution in [1.29, 1.82) is 0 Å². The quantitative estimate of drug-likeness (QED) is 0.554. The minimum Gasteiger partial charge on any atom is -0.400 e. The van der Waals surface area contributed by atoms with Gasteiger partial charge in [0.25, 0.3) is 5.92 Å². The van der Waals surface area contributed by atoms with E-state index in [1.807, 2.05) is 0 Å². The molecule has 0 aromatic rings. The van der Waals surface area contributed by atoms with Crippen LogP contribution in [0.4, 0.5) is 8.78 Å². The number of alkyl halides is 2. The second-order valence-corrected chi connectivity index (χ2v) is 2.64. The number of hydrogen-bond acceptors (Lipinski definition) is 2. The van der Waals surface area contributed by atoms with Crippen molar-refractivity contribution < 1.29 is 8.78 Å². The highest BCUT2D eigenvalue weighted by Gasteiger charge is 2.37. The maximum Gasteiger partial charge on any atom is 0.274 e. The van der Waals surface area contributed by atoms with Gasteiger partial charge in [0, 0.05) is 5.70 Å². The normalized spacial score (nSPS) is 29.2. The van der Waals surface area contributed by atoms with E-state index < -0.39 is 11.8 Å². The van der Waals surface area contributed by atoms with Crippen LogP contribution in [-0.2, 0) is 0 Å². The summed E-state index contributed by atoms with van der Waals surface area (Å²) in [5.41, 5.74) is 11.0. The van der Waals surface area contributed by atoms with Gasteiger partial charge < -0.3 is 11.5 Å². The summed E-state index contributed by atoms with van der Waals surface area (Å²) >= 11 is 0. The average molecular weight is 160 g/mol. The van der Waals surface area contributed by atoms with Gasteiger partial charge in [-0.2, -0.15) is 0 Å². The van der Waals surface area contributed by atoms with Crippen LogP contribution in [0.25, 0.3) is 0 Å². The first-order chi connectivity index (χ1) is 4.95. The van der Waals surface area contributed by atoms with Gasteiger partial charge in [-0.25, -0.2) is 8.78 Å². The van der Waals surface area contributed by atoms with Gasteiger partial charge in [-0.1, -0.05) is 6.92 Å². The Hall–Kier alpha value is -1.06. The van der Waals surface area contributed by atoms with Crippen molar-refractivity contribution in [3.63, 3.8) is 0 Å². The Kier molecular flexibility index (Phi) is 1.62. The molecule has 0 saturated carbocycles. The molecule has 0 aromatic carbocycles. The third-order valence-electron chi connectivity index (χ3n) is 1.86. The van der Waals surface area contributed by atoms with Gasteiger partial charge in [-0.15, -0.1) is 0 Å². The molecule has 1 unspecified atom stereocenters. The van der Waals surface area contributed by atoms with E-state index in [4.69, 9.17) is 11.5 Å². The van der Waals surface area contributed by atoms with Crippen LogP contribution in [0.3, 0.4) is 0 Å². The lowest BCUT2D eigenvalue weighted by Crippen LogP contribution is -2.33. The molecule has 11 heavy (non-hydrogen) atoms. The standard InChI is InChI=1S/C7H10F2N2/c1-4-6(11)5(10)2-3-7(4,8)9/h2-4H,10-11H2,1H3. The van der Waals surface area contributed by atoms with Crippen LogP contribution >= 0.6 is 0 Å². The Morgan fingerprint density at radius 1 is 1.45 bits per heavy atom. The molecule has 0 amide bonds. The van der Waals surface area contributed by atoms with E-state index in [1.165, 1.54) is 6.92 Å². The molecule has 0 fully saturated rings. The van der Waals surface area contributed by atoms with Crippen molar-refractivity contribution in [3.05, 3.63) is 23.5 Å². The summed E-state index contributed by atoms with van der Waals surface area (Å²) in [5.74, 6) is -3.85. The monoisotopic (exact) mass is 160 g/mol. The Morgan fingerprint density at radius 3 is 2.45 bits per heavy atom. The molecule has 0 heterocycles. The predicted molar refractivity (Wildman–Crippen MR) is 38.7 cm³/mol. The smallest absolute Gasteiger partial charge is 0.274 e. The fourth-order valence-electron chi connectivity index (χ4n) is 0.899. The lowest BCUT2D eigenvalue weighted by atomic mass is 9.94. The molecule has 0 spiro atoms. The van der Waals surface area contributed by atoms with Gasteiger partial charge in [-0.3, -0.25) is 0 Å². The molecule has 1 aliphatic carbocycles. The third-order valence-corrected chi connectivity index (χ3v) is 1.86. The van der Waals surface area contributed by atoms with Gasteiger partial charge >= 0.3 is 0 Å². The molecule has 4 N–H and O–H groups in total. The Balaban J connectivity index is 3.01. The zero-order chi connectivity index (χ0) is 8.65. The Bertz CT molecular complexity index is 231. The summed E-state index contributed by atoms with van der Waals surface area (Å²) in [5, 5.41) is 0. The molecule has 0 aliphatic heterocycles. The van der Waals surface area contributed by atoms with Gasteiger partial charge in [0.2, 0.25) is 0 Å². The lowest BCUT2D eigenvalue weighted by Gasteiger charge is -2.25. The minimum atomic E-state index is -2.85. The molecule has 0 saturated heterocycles. The van der Waals surface area contributed by atoms with E-state index in [2.05, 4.69) is 0 Å². The van der Waals surface area contributed by atoms with Crippen molar-refractivity contribution in [1.82, 2.24) is 0 Å². The van der Waals surface area contributed by atoms with E-state index in [1.54, 1.807) is 0 Å². The van der Waals surface area contributed by atoms with Crippen molar-refractivity contribution in [3.8, 4) is 0 Å². The first kappa shape index (κ1) is 8.04. The topological polar surface area (TPSA) is 52.0 Å². The maximum absolute atomic E-state index is 12.8. The van der Waals surface area contributed by atoms with Crippen LogP contribution < -0.4 is 11.5 Å². The van der Waals surface area contributed by atoms with Gasteiger partial charge in [0.05, 0.1) is 11.6 Å². The summed E-state index contributed by atoms with van der Waals surface area (Å²) in [6, 6.07) is 0. The molecule has 62 valence electrons. The summed E-state index contributed by atoms with van der Waals surface area (Å²) < 4.78 is 25.5. The van der Waals surface area contributed by atoms with E-state index in [9.17, 15) is 8.78 Å². The van der Waals surface area contributed by atoms with Crippen molar-refractivity contribution in [2.45, 2.75) is 12.8 Å². The highest BCUT2D eigenvalue weighted by atomic mass is 19.3. The fourth-order valence-corrected chi connectivity index (χ4v) is 0.899. The number of allylic oxidation sites excluding steroid dienone is 3. The van der Waals surface area contributed by atoms with Crippen LogP contribution in [0, 0.1) is 5.92 Å².